The van der Waals surface area contributed by atoms with Gasteiger partial charge in [0.15, 0.2) is 0 Å². The highest BCUT2D eigenvalue weighted by Gasteiger charge is 2.29. The predicted octanol–water partition coefficient (Wildman–Crippen LogP) is 0.324. The van der Waals surface area contributed by atoms with E-state index in [2.05, 4.69) is 5.32 Å². The third-order valence-electron chi connectivity index (χ3n) is 3.63. The van der Waals surface area contributed by atoms with Gasteiger partial charge in [0.25, 0.3) is 0 Å². The van der Waals surface area contributed by atoms with Gasteiger partial charge >= 0.3 is 5.97 Å². The first-order valence-electron chi connectivity index (χ1n) is 6.79. The minimum Gasteiger partial charge on any atom is -0.481 e. The predicted molar refractivity (Wildman–Crippen MR) is 70.9 cm³/mol. The summed E-state index contributed by atoms with van der Waals surface area (Å²) in [5.41, 5.74) is 0. The first-order valence-corrected chi connectivity index (χ1v) is 6.79. The number of aliphatic carboxylic acids is 1. The molecule has 1 saturated heterocycles. The highest BCUT2D eigenvalue weighted by molar-refractivity contribution is 5.81. The Morgan fingerprint density at radius 1 is 1.42 bits per heavy atom. The summed E-state index contributed by atoms with van der Waals surface area (Å²) in [4.78, 5) is 24.8. The van der Waals surface area contributed by atoms with Gasteiger partial charge in [0.2, 0.25) is 5.91 Å². The first-order chi connectivity index (χ1) is 9.06. The number of methoxy groups -OCH3 is 1. The number of hydrogen-bond acceptors (Lipinski definition) is 4. The van der Waals surface area contributed by atoms with Gasteiger partial charge in [-0.25, -0.2) is 0 Å². The lowest BCUT2D eigenvalue weighted by molar-refractivity contribution is -0.143. The molecule has 0 radical (unpaired) electrons. The molecule has 1 amide bonds. The van der Waals surface area contributed by atoms with Gasteiger partial charge in [-0.3, -0.25) is 14.5 Å². The number of likely N-dealkylation sites (tertiary alicyclic amines) is 1. The molecule has 6 nitrogen and oxygen atoms in total. The van der Waals surface area contributed by atoms with E-state index in [4.69, 9.17) is 9.84 Å². The summed E-state index contributed by atoms with van der Waals surface area (Å²) in [5.74, 6) is -0.977. The average Bonchev–Trinajstić information content (AvgIpc) is 2.42. The van der Waals surface area contributed by atoms with Gasteiger partial charge in [0.05, 0.1) is 12.0 Å². The van der Waals surface area contributed by atoms with Crippen molar-refractivity contribution in [2.24, 2.45) is 5.92 Å². The summed E-state index contributed by atoms with van der Waals surface area (Å²) >= 11 is 0. The summed E-state index contributed by atoms with van der Waals surface area (Å²) in [6.45, 7) is 4.46. The van der Waals surface area contributed by atoms with Gasteiger partial charge in [-0.05, 0) is 39.3 Å². The van der Waals surface area contributed by atoms with Crippen LogP contribution in [0.3, 0.4) is 0 Å². The summed E-state index contributed by atoms with van der Waals surface area (Å²) in [5, 5.41) is 11.8. The van der Waals surface area contributed by atoms with Crippen LogP contribution in [0.5, 0.6) is 0 Å². The largest absolute Gasteiger partial charge is 0.481 e. The Bertz CT molecular complexity index is 301. The maximum absolute atomic E-state index is 11.9. The molecule has 1 heterocycles. The van der Waals surface area contributed by atoms with Crippen LogP contribution in [0.15, 0.2) is 0 Å². The Kier molecular flexibility index (Phi) is 6.80. The number of ether oxygens (including phenoxy) is 1. The monoisotopic (exact) mass is 272 g/mol. The molecule has 0 aromatic carbocycles. The third kappa shape index (κ3) is 5.16. The van der Waals surface area contributed by atoms with Crippen molar-refractivity contribution in [2.75, 3.05) is 33.4 Å². The summed E-state index contributed by atoms with van der Waals surface area (Å²) in [7, 11) is 1.64. The van der Waals surface area contributed by atoms with Crippen LogP contribution in [0.2, 0.25) is 0 Å². The van der Waals surface area contributed by atoms with Crippen molar-refractivity contribution >= 4 is 11.9 Å². The number of nitrogens with one attached hydrogen (secondary N) is 1. The van der Waals surface area contributed by atoms with Gasteiger partial charge in [0.1, 0.15) is 0 Å². The second-order valence-corrected chi connectivity index (χ2v) is 4.96. The standard InChI is InChI=1S/C13H24N2O4/c1-10(12(16)14-6-3-9-19-2)15-7-4-11(5-8-15)13(17)18/h10-11H,3-9H2,1-2H3,(H,14,16)(H,17,18). The molecule has 6 heteroatoms. The molecule has 1 rings (SSSR count). The Morgan fingerprint density at radius 2 is 2.05 bits per heavy atom. The molecule has 0 aliphatic carbocycles. The molecule has 1 aliphatic rings. The van der Waals surface area contributed by atoms with Gasteiger partial charge in [-0.2, -0.15) is 0 Å². The molecule has 0 saturated carbocycles. The Labute approximate surface area is 114 Å². The molecule has 0 aromatic heterocycles. The van der Waals surface area contributed by atoms with Gasteiger partial charge in [-0.15, -0.1) is 0 Å². The van der Waals surface area contributed by atoms with E-state index in [9.17, 15) is 9.59 Å². The fraction of sp³-hybridized carbons (Fsp3) is 0.846. The number of carbonyl (C=O) groups excluding carboxylic acids is 1. The van der Waals surface area contributed by atoms with Crippen molar-refractivity contribution in [1.82, 2.24) is 10.2 Å². The van der Waals surface area contributed by atoms with E-state index in [-0.39, 0.29) is 17.9 Å². The molecule has 19 heavy (non-hydrogen) atoms. The molecule has 1 aliphatic heterocycles. The Morgan fingerprint density at radius 3 is 2.58 bits per heavy atom. The van der Waals surface area contributed by atoms with Crippen molar-refractivity contribution in [3.05, 3.63) is 0 Å². The zero-order chi connectivity index (χ0) is 14.3. The lowest BCUT2D eigenvalue weighted by atomic mass is 9.96. The van der Waals surface area contributed by atoms with Gasteiger partial charge < -0.3 is 15.2 Å². The Balaban J connectivity index is 2.27. The maximum atomic E-state index is 11.9. The van der Waals surface area contributed by atoms with Crippen LogP contribution in [0.25, 0.3) is 0 Å². The normalized spacial score (nSPS) is 19.1. The molecular formula is C13H24N2O4. The summed E-state index contributed by atoms with van der Waals surface area (Å²) in [6.07, 6.45) is 2.04. The van der Waals surface area contributed by atoms with Crippen molar-refractivity contribution in [3.63, 3.8) is 0 Å². The van der Waals surface area contributed by atoms with E-state index < -0.39 is 5.97 Å². The van der Waals surface area contributed by atoms with E-state index >= 15 is 0 Å². The maximum Gasteiger partial charge on any atom is 0.306 e. The lowest BCUT2D eigenvalue weighted by Crippen LogP contribution is -2.49. The van der Waals surface area contributed by atoms with Gasteiger partial charge in [0, 0.05) is 20.3 Å². The molecule has 1 fully saturated rings. The number of hydrogen-bond donors (Lipinski definition) is 2. The van der Waals surface area contributed by atoms with Crippen molar-refractivity contribution in [2.45, 2.75) is 32.2 Å². The van der Waals surface area contributed by atoms with E-state index in [0.717, 1.165) is 6.42 Å². The van der Waals surface area contributed by atoms with Crippen LogP contribution < -0.4 is 5.32 Å². The molecule has 1 atom stereocenters. The summed E-state index contributed by atoms with van der Waals surface area (Å²) in [6, 6.07) is -0.197. The number of rotatable bonds is 7. The molecule has 0 spiro atoms. The topological polar surface area (TPSA) is 78.9 Å². The minimum atomic E-state index is -0.726. The van der Waals surface area contributed by atoms with Crippen LogP contribution in [0, 0.1) is 5.92 Å². The smallest absolute Gasteiger partial charge is 0.306 e. The average molecular weight is 272 g/mol. The first kappa shape index (κ1) is 15.9. The Hall–Kier alpha value is -1.14. The van der Waals surface area contributed by atoms with E-state index in [1.165, 1.54) is 0 Å². The molecule has 0 bridgehead atoms. The van der Waals surface area contributed by atoms with Crippen molar-refractivity contribution < 1.29 is 19.4 Å². The fourth-order valence-corrected chi connectivity index (χ4v) is 2.28. The molecule has 110 valence electrons. The van der Waals surface area contributed by atoms with E-state index in [0.29, 0.717) is 39.1 Å². The second-order valence-electron chi connectivity index (χ2n) is 4.96. The van der Waals surface area contributed by atoms with Crippen molar-refractivity contribution in [3.8, 4) is 0 Å². The van der Waals surface area contributed by atoms with Crippen LogP contribution in [-0.2, 0) is 14.3 Å². The number of amides is 1. The van der Waals surface area contributed by atoms with E-state index in [1.54, 1.807) is 7.11 Å². The molecular weight excluding hydrogens is 248 g/mol. The highest BCUT2D eigenvalue weighted by Crippen LogP contribution is 2.19. The number of carboxylic acid groups (broad SMARTS) is 1. The molecule has 2 N–H and O–H groups in total. The number of nitrogens with zero attached hydrogens (tertiary/aromatic N) is 1. The highest BCUT2D eigenvalue weighted by atomic mass is 16.5. The second kappa shape index (κ2) is 8.12. The lowest BCUT2D eigenvalue weighted by Gasteiger charge is -2.33. The fourth-order valence-electron chi connectivity index (χ4n) is 2.28. The summed E-state index contributed by atoms with van der Waals surface area (Å²) < 4.78 is 4.92. The zero-order valence-corrected chi connectivity index (χ0v) is 11.7. The SMILES string of the molecule is COCCCNC(=O)C(C)N1CCC(C(=O)O)CC1. The van der Waals surface area contributed by atoms with Crippen LogP contribution in [0.1, 0.15) is 26.2 Å². The van der Waals surface area contributed by atoms with Crippen molar-refractivity contribution in [1.29, 1.82) is 0 Å². The van der Waals surface area contributed by atoms with Crippen LogP contribution >= 0.6 is 0 Å². The zero-order valence-electron chi connectivity index (χ0n) is 11.7. The quantitative estimate of drug-likeness (QED) is 0.653. The third-order valence-corrected chi connectivity index (χ3v) is 3.63. The number of carbonyl (C=O) groups is 2. The van der Waals surface area contributed by atoms with Crippen LogP contribution in [-0.4, -0.2) is 61.3 Å². The number of carboxylic acids is 1. The van der Waals surface area contributed by atoms with E-state index in [1.807, 2.05) is 11.8 Å². The minimum absolute atomic E-state index is 0.00452. The molecule has 0 aromatic rings. The molecule has 1 unspecified atom stereocenters. The van der Waals surface area contributed by atoms with Gasteiger partial charge in [-0.1, -0.05) is 0 Å². The van der Waals surface area contributed by atoms with Crippen LogP contribution in [0.4, 0.5) is 0 Å². The number of piperidine rings is 1.